The Morgan fingerprint density at radius 3 is 0.474 bits per heavy atom. The van der Waals surface area contributed by atoms with E-state index in [-0.39, 0.29) is 59.1 Å². The molecule has 0 aromatic carbocycles. The molecular formula is C72H130Na2O2-4. The number of rotatable bonds is 16. The van der Waals surface area contributed by atoms with Gasteiger partial charge in [-0.3, -0.25) is 0 Å². The van der Waals surface area contributed by atoms with E-state index in [2.05, 4.69) is 166 Å². The summed E-state index contributed by atoms with van der Waals surface area (Å²) in [5.41, 5.74) is 0. The zero-order valence-corrected chi connectivity index (χ0v) is 60.0. The molecule has 12 unspecified atom stereocenters. The van der Waals surface area contributed by atoms with Gasteiger partial charge < -0.3 is 33.9 Å². The van der Waals surface area contributed by atoms with Crippen molar-refractivity contribution < 1.29 is 69.3 Å². The van der Waals surface area contributed by atoms with E-state index < -0.39 is 12.2 Å². The topological polar surface area (TPSA) is 46.1 Å². The average molecular weight is 1070 g/mol. The van der Waals surface area contributed by atoms with E-state index in [1.54, 1.807) is 23.7 Å². The molecular weight excluding hydrogens is 943 g/mol. The SMILES string of the molecule is CC(C)C1CC(C(C)C)[C-](C2CCCC([C-]3C(C(C)C)CC(C(C)C)CC3C(C)C)C2[O-])C(C(C)C)C1.CC(C)C1CC(C(C)C)[C-](C2CCCC([C-]3C(C(C)C)CC(C(C)C)CC3C(C)C)C2[O-])C(C(C)C)C1.[Na+].[Na+]. The standard InChI is InChI=1S/2C36H65O.2Na/c2*1-20(2)26-16-30(22(5)6)34(31(17-26)23(7)8)28-14-13-15-29(36(28)37)35-32(24(9)10)18-27(21(3)4)19-33(35)25(11)12;;/h2*20-33,36H,13-19H2,1-12H3;;/q2*-3;2*+1. The van der Waals surface area contributed by atoms with Gasteiger partial charge in [-0.05, 0) is 47.3 Å². The van der Waals surface area contributed by atoms with Crippen LogP contribution in [0, 0.1) is 189 Å². The fourth-order valence-electron chi connectivity index (χ4n) is 18.6. The summed E-state index contributed by atoms with van der Waals surface area (Å²) in [5, 5.41) is 29.7. The Morgan fingerprint density at radius 1 is 0.237 bits per heavy atom. The van der Waals surface area contributed by atoms with Crippen molar-refractivity contribution in [3.8, 4) is 0 Å². The fourth-order valence-corrected chi connectivity index (χ4v) is 18.6. The van der Waals surface area contributed by atoms with Crippen LogP contribution in [0.5, 0.6) is 0 Å². The molecule has 76 heavy (non-hydrogen) atoms. The van der Waals surface area contributed by atoms with Crippen molar-refractivity contribution in [1.82, 2.24) is 0 Å². The van der Waals surface area contributed by atoms with Gasteiger partial charge in [0, 0.05) is 0 Å². The van der Waals surface area contributed by atoms with Gasteiger partial charge in [0.2, 0.25) is 0 Å². The number of hydrogen-bond donors (Lipinski definition) is 0. The van der Waals surface area contributed by atoms with E-state index in [1.165, 1.54) is 64.2 Å². The summed E-state index contributed by atoms with van der Waals surface area (Å²) in [4.78, 5) is 0. The van der Waals surface area contributed by atoms with E-state index in [9.17, 15) is 10.2 Å². The molecule has 6 saturated carbocycles. The zero-order chi connectivity index (χ0) is 55.5. The summed E-state index contributed by atoms with van der Waals surface area (Å²) < 4.78 is 0. The quantitative estimate of drug-likeness (QED) is 0.114. The van der Waals surface area contributed by atoms with Gasteiger partial charge in [-0.1, -0.05) is 303 Å². The molecule has 0 heterocycles. The largest absolute Gasteiger partial charge is 1.00 e. The fraction of sp³-hybridized carbons (Fsp3) is 0.944. The van der Waals surface area contributed by atoms with Crippen LogP contribution in [0.25, 0.3) is 0 Å². The van der Waals surface area contributed by atoms with Crippen molar-refractivity contribution in [3.05, 3.63) is 23.7 Å². The summed E-state index contributed by atoms with van der Waals surface area (Å²) in [6.07, 6.45) is 16.8. The normalized spacial score (nSPS) is 38.1. The molecule has 6 aliphatic carbocycles. The predicted molar refractivity (Wildman–Crippen MR) is 319 cm³/mol. The Labute approximate surface area is 522 Å². The Balaban J connectivity index is 0.000000390. The molecule has 6 aliphatic rings. The van der Waals surface area contributed by atoms with Gasteiger partial charge in [0.1, 0.15) is 0 Å². The molecule has 4 heteroatoms. The third-order valence-corrected chi connectivity index (χ3v) is 23.4. The van der Waals surface area contributed by atoms with Crippen LogP contribution in [0.3, 0.4) is 0 Å². The summed E-state index contributed by atoms with van der Waals surface area (Å²) in [6, 6.07) is 0. The van der Waals surface area contributed by atoms with Crippen LogP contribution in [0.2, 0.25) is 0 Å². The third-order valence-electron chi connectivity index (χ3n) is 23.4. The first kappa shape index (κ1) is 72.2. The van der Waals surface area contributed by atoms with Crippen molar-refractivity contribution in [2.45, 2.75) is 268 Å². The van der Waals surface area contributed by atoms with E-state index in [1.807, 2.05) is 0 Å². The maximum atomic E-state index is 14.9. The molecule has 0 aromatic heterocycles. The van der Waals surface area contributed by atoms with Gasteiger partial charge in [-0.2, -0.15) is 83.2 Å². The van der Waals surface area contributed by atoms with Gasteiger partial charge in [-0.15, -0.1) is 0 Å². The first-order valence-corrected chi connectivity index (χ1v) is 33.3. The van der Waals surface area contributed by atoms with Gasteiger partial charge in [0.05, 0.1) is 0 Å². The molecule has 6 fully saturated rings. The van der Waals surface area contributed by atoms with Crippen LogP contribution >= 0.6 is 0 Å². The van der Waals surface area contributed by atoms with E-state index >= 15 is 0 Å². The van der Waals surface area contributed by atoms with Crippen molar-refractivity contribution in [2.75, 3.05) is 0 Å². The molecule has 0 aliphatic heterocycles. The second-order valence-corrected chi connectivity index (χ2v) is 31.9. The maximum absolute atomic E-state index is 14.9. The Morgan fingerprint density at radius 2 is 0.368 bits per heavy atom. The molecule has 0 N–H and O–H groups in total. The molecule has 436 valence electrons. The van der Waals surface area contributed by atoms with Crippen LogP contribution in [0.1, 0.15) is 256 Å². The minimum absolute atomic E-state index is 0. The second-order valence-electron chi connectivity index (χ2n) is 31.9. The van der Waals surface area contributed by atoms with Crippen LogP contribution in [0.4, 0.5) is 0 Å². The molecule has 0 saturated heterocycles. The average Bonchev–Trinajstić information content (AvgIpc) is 3.32. The Hall–Kier alpha value is 1.92. The van der Waals surface area contributed by atoms with Gasteiger partial charge >= 0.3 is 59.1 Å². The third kappa shape index (κ3) is 17.1. The first-order valence-electron chi connectivity index (χ1n) is 33.3. The Kier molecular flexibility index (Phi) is 30.3. The summed E-state index contributed by atoms with van der Waals surface area (Å²) in [7, 11) is 0. The van der Waals surface area contributed by atoms with Crippen molar-refractivity contribution in [3.63, 3.8) is 0 Å². The molecule has 2 nitrogen and oxygen atoms in total. The van der Waals surface area contributed by atoms with E-state index in [0.717, 1.165) is 73.0 Å². The van der Waals surface area contributed by atoms with Crippen LogP contribution in [-0.4, -0.2) is 12.2 Å². The predicted octanol–water partition coefficient (Wildman–Crippen LogP) is 13.0. The smallest absolute Gasteiger partial charge is 0.855 e. The van der Waals surface area contributed by atoms with Gasteiger partial charge in [0.25, 0.3) is 0 Å². The monoisotopic (exact) mass is 1070 g/mol. The molecule has 12 atom stereocenters. The summed E-state index contributed by atoms with van der Waals surface area (Å²) in [6.45, 7) is 58.5. The van der Waals surface area contributed by atoms with Crippen molar-refractivity contribution in [2.24, 2.45) is 166 Å². The second kappa shape index (κ2) is 31.9. The minimum atomic E-state index is -0.421. The minimum Gasteiger partial charge on any atom is -0.855 e. The van der Waals surface area contributed by atoms with Crippen LogP contribution < -0.4 is 69.3 Å². The van der Waals surface area contributed by atoms with Crippen LogP contribution in [-0.2, 0) is 0 Å². The molecule has 6 rings (SSSR count). The van der Waals surface area contributed by atoms with Gasteiger partial charge in [0.15, 0.2) is 0 Å². The van der Waals surface area contributed by atoms with Crippen molar-refractivity contribution in [1.29, 1.82) is 0 Å². The van der Waals surface area contributed by atoms with E-state index in [4.69, 9.17) is 0 Å². The molecule has 0 spiro atoms. The molecule has 0 bridgehead atoms. The molecule has 0 radical (unpaired) electrons. The summed E-state index contributed by atoms with van der Waals surface area (Å²) >= 11 is 0. The Bertz CT molecular complexity index is 1290. The maximum Gasteiger partial charge on any atom is 1.00 e. The van der Waals surface area contributed by atoms with Crippen LogP contribution in [0.15, 0.2) is 0 Å². The van der Waals surface area contributed by atoms with E-state index in [0.29, 0.717) is 118 Å². The number of hydrogen-bond acceptors (Lipinski definition) is 2. The molecule has 0 amide bonds. The summed E-state index contributed by atoms with van der Waals surface area (Å²) in [5.74, 6) is 24.6. The zero-order valence-electron chi connectivity index (χ0n) is 56.0. The van der Waals surface area contributed by atoms with Gasteiger partial charge in [-0.25, -0.2) is 0 Å². The van der Waals surface area contributed by atoms with Crippen molar-refractivity contribution >= 4 is 0 Å². The molecule has 0 aromatic rings. The first-order chi connectivity index (χ1) is 34.5.